The molecule has 4 amide bonds. The van der Waals surface area contributed by atoms with Crippen LogP contribution in [0.2, 0.25) is 0 Å². The molecule has 3 heterocycles. The average Bonchev–Trinajstić information content (AvgIpc) is 3.00. The lowest BCUT2D eigenvalue weighted by Gasteiger charge is -2.37. The van der Waals surface area contributed by atoms with Crippen molar-refractivity contribution in [2.24, 2.45) is 5.92 Å². The van der Waals surface area contributed by atoms with E-state index in [0.29, 0.717) is 32.6 Å². The molecule has 9 heteroatoms. The smallest absolute Gasteiger partial charge is 0.325 e. The van der Waals surface area contributed by atoms with E-state index >= 15 is 0 Å². The minimum absolute atomic E-state index is 0.0865. The third-order valence-electron chi connectivity index (χ3n) is 7.13. The Morgan fingerprint density at radius 2 is 1.91 bits per heavy atom. The van der Waals surface area contributed by atoms with Crippen LogP contribution in [0.1, 0.15) is 63.9 Å². The van der Waals surface area contributed by atoms with Gasteiger partial charge in [-0.2, -0.15) is 0 Å². The molecule has 1 aromatic heterocycles. The third kappa shape index (κ3) is 4.04. The molecule has 32 heavy (non-hydrogen) atoms. The molecule has 2 atom stereocenters. The summed E-state index contributed by atoms with van der Waals surface area (Å²) in [5.41, 5.74) is 0.106. The Balaban J connectivity index is 1.37. The van der Waals surface area contributed by atoms with Crippen molar-refractivity contribution in [3.8, 4) is 0 Å². The van der Waals surface area contributed by atoms with Crippen LogP contribution in [0.4, 0.5) is 10.6 Å². The largest absolute Gasteiger partial charge is 0.353 e. The summed E-state index contributed by atoms with van der Waals surface area (Å²) in [6.45, 7) is 10.3. The molecule has 9 nitrogen and oxygen atoms in total. The fourth-order valence-electron chi connectivity index (χ4n) is 5.05. The number of carbonyl (C=O) groups excluding carboxylic acids is 3. The van der Waals surface area contributed by atoms with Crippen molar-refractivity contribution in [3.05, 3.63) is 17.6 Å². The van der Waals surface area contributed by atoms with Crippen LogP contribution in [0.25, 0.3) is 0 Å². The SMILES string of the molecule is Cc1cc(N2CCN(C(=O)CN3C(=O)N[C@@]4(CCCC[C@H]4C)C3=O)CC2)nc(C(C)C)n1. The molecule has 0 aromatic carbocycles. The summed E-state index contributed by atoms with van der Waals surface area (Å²) in [5.74, 6) is 1.62. The normalized spacial score (nSPS) is 26.3. The number of anilines is 1. The fourth-order valence-corrected chi connectivity index (χ4v) is 5.05. The van der Waals surface area contributed by atoms with E-state index in [1.165, 1.54) is 0 Å². The minimum atomic E-state index is -0.826. The van der Waals surface area contributed by atoms with Gasteiger partial charge in [-0.05, 0) is 25.7 Å². The molecule has 1 aromatic rings. The van der Waals surface area contributed by atoms with E-state index in [2.05, 4.69) is 29.0 Å². The molecule has 3 aliphatic rings. The van der Waals surface area contributed by atoms with Crippen molar-refractivity contribution in [1.29, 1.82) is 0 Å². The lowest BCUT2D eigenvalue weighted by atomic mass is 9.73. The molecule has 2 aliphatic heterocycles. The van der Waals surface area contributed by atoms with Crippen molar-refractivity contribution in [2.45, 2.75) is 64.8 Å². The molecule has 1 spiro atoms. The first-order valence-corrected chi connectivity index (χ1v) is 11.7. The molecule has 0 bridgehead atoms. The molecular weight excluding hydrogens is 408 g/mol. The van der Waals surface area contributed by atoms with Gasteiger partial charge in [-0.3, -0.25) is 14.5 Å². The number of aryl methyl sites for hydroxylation is 1. The van der Waals surface area contributed by atoms with Gasteiger partial charge < -0.3 is 15.1 Å². The summed E-state index contributed by atoms with van der Waals surface area (Å²) in [4.78, 5) is 52.9. The summed E-state index contributed by atoms with van der Waals surface area (Å²) in [5, 5.41) is 2.92. The van der Waals surface area contributed by atoms with Gasteiger partial charge in [0.15, 0.2) is 0 Å². The fraction of sp³-hybridized carbons (Fsp3) is 0.696. The summed E-state index contributed by atoms with van der Waals surface area (Å²) in [6.07, 6.45) is 3.55. The van der Waals surface area contributed by atoms with E-state index < -0.39 is 11.6 Å². The highest BCUT2D eigenvalue weighted by atomic mass is 16.2. The van der Waals surface area contributed by atoms with E-state index in [1.54, 1.807) is 4.90 Å². The third-order valence-corrected chi connectivity index (χ3v) is 7.13. The van der Waals surface area contributed by atoms with E-state index in [4.69, 9.17) is 4.98 Å². The summed E-state index contributed by atoms with van der Waals surface area (Å²) < 4.78 is 0. The molecule has 3 fully saturated rings. The number of amides is 4. The molecular formula is C23H34N6O3. The highest BCUT2D eigenvalue weighted by Gasteiger charge is 2.55. The number of hydrogen-bond donors (Lipinski definition) is 1. The van der Waals surface area contributed by atoms with Crippen molar-refractivity contribution in [3.63, 3.8) is 0 Å². The highest BCUT2D eigenvalue weighted by molar-refractivity contribution is 6.09. The molecule has 1 N–H and O–H groups in total. The van der Waals surface area contributed by atoms with Crippen LogP contribution in [-0.4, -0.2) is 75.9 Å². The minimum Gasteiger partial charge on any atom is -0.353 e. The topological polar surface area (TPSA) is 98.7 Å². The van der Waals surface area contributed by atoms with E-state index in [-0.39, 0.29) is 30.2 Å². The van der Waals surface area contributed by atoms with E-state index in [0.717, 1.165) is 41.5 Å². The number of hydrogen-bond acceptors (Lipinski definition) is 6. The quantitative estimate of drug-likeness (QED) is 0.717. The first-order chi connectivity index (χ1) is 15.2. The zero-order valence-electron chi connectivity index (χ0n) is 19.6. The second kappa shape index (κ2) is 8.67. The Kier molecular flexibility index (Phi) is 6.09. The number of imide groups is 1. The Bertz CT molecular complexity index is 911. The van der Waals surface area contributed by atoms with Crippen LogP contribution >= 0.6 is 0 Å². The van der Waals surface area contributed by atoms with Gasteiger partial charge in [0.1, 0.15) is 23.7 Å². The number of piperazine rings is 1. The molecule has 174 valence electrons. The Hall–Kier alpha value is -2.71. The Morgan fingerprint density at radius 3 is 2.56 bits per heavy atom. The number of nitrogens with zero attached hydrogens (tertiary/aromatic N) is 5. The predicted molar refractivity (Wildman–Crippen MR) is 120 cm³/mol. The van der Waals surface area contributed by atoms with Crippen LogP contribution in [0.5, 0.6) is 0 Å². The van der Waals surface area contributed by atoms with Gasteiger partial charge in [-0.1, -0.05) is 33.6 Å². The second-order valence-corrected chi connectivity index (χ2v) is 9.69. The second-order valence-electron chi connectivity index (χ2n) is 9.69. The first kappa shape index (κ1) is 22.5. The van der Waals surface area contributed by atoms with Crippen molar-refractivity contribution in [1.82, 2.24) is 25.1 Å². The zero-order valence-corrected chi connectivity index (χ0v) is 19.6. The van der Waals surface area contributed by atoms with Crippen LogP contribution < -0.4 is 10.2 Å². The van der Waals surface area contributed by atoms with Gasteiger partial charge in [0.2, 0.25) is 5.91 Å². The Labute approximate surface area is 189 Å². The summed E-state index contributed by atoms with van der Waals surface area (Å²) >= 11 is 0. The Morgan fingerprint density at radius 1 is 1.19 bits per heavy atom. The van der Waals surface area contributed by atoms with Crippen molar-refractivity contribution < 1.29 is 14.4 Å². The van der Waals surface area contributed by atoms with Crippen molar-refractivity contribution >= 4 is 23.7 Å². The molecule has 4 rings (SSSR count). The maximum absolute atomic E-state index is 13.1. The molecule has 0 radical (unpaired) electrons. The van der Waals surface area contributed by atoms with Gasteiger partial charge >= 0.3 is 6.03 Å². The molecule has 0 unspecified atom stereocenters. The predicted octanol–water partition coefficient (Wildman–Crippen LogP) is 2.06. The maximum Gasteiger partial charge on any atom is 0.325 e. The summed E-state index contributed by atoms with van der Waals surface area (Å²) in [6, 6.07) is 1.54. The van der Waals surface area contributed by atoms with E-state index in [9.17, 15) is 14.4 Å². The van der Waals surface area contributed by atoms with E-state index in [1.807, 2.05) is 19.9 Å². The van der Waals surface area contributed by atoms with Gasteiger partial charge in [0.25, 0.3) is 5.91 Å². The average molecular weight is 443 g/mol. The monoisotopic (exact) mass is 442 g/mol. The number of rotatable bonds is 4. The zero-order chi connectivity index (χ0) is 23.0. The highest BCUT2D eigenvalue weighted by Crippen LogP contribution is 2.38. The number of carbonyl (C=O) groups is 3. The maximum atomic E-state index is 13.1. The standard InChI is InChI=1S/C23H34N6O3/c1-15(2)20-24-17(4)13-18(25-20)27-9-11-28(12-10-27)19(30)14-29-21(31)23(26-22(29)32)8-6-5-7-16(23)3/h13,15-16H,5-12,14H2,1-4H3,(H,26,32)/t16-,23-/m1/s1. The van der Waals surface area contributed by atoms with Crippen LogP contribution in [0.15, 0.2) is 6.07 Å². The van der Waals surface area contributed by atoms with Gasteiger partial charge in [-0.25, -0.2) is 14.8 Å². The molecule has 2 saturated heterocycles. The number of urea groups is 1. The van der Waals surface area contributed by atoms with Gasteiger partial charge in [0.05, 0.1) is 0 Å². The first-order valence-electron chi connectivity index (χ1n) is 11.7. The molecule has 1 aliphatic carbocycles. The van der Waals surface area contributed by atoms with Crippen molar-refractivity contribution in [2.75, 3.05) is 37.6 Å². The summed E-state index contributed by atoms with van der Waals surface area (Å²) in [7, 11) is 0. The molecule has 1 saturated carbocycles. The van der Waals surface area contributed by atoms with Crippen LogP contribution in [0.3, 0.4) is 0 Å². The van der Waals surface area contributed by atoms with Gasteiger partial charge in [0, 0.05) is 43.9 Å². The lowest BCUT2D eigenvalue weighted by molar-refractivity contribution is -0.140. The van der Waals surface area contributed by atoms with Crippen LogP contribution in [0, 0.1) is 12.8 Å². The number of aromatic nitrogens is 2. The lowest BCUT2D eigenvalue weighted by Crippen LogP contribution is -2.55. The van der Waals surface area contributed by atoms with Crippen LogP contribution in [-0.2, 0) is 9.59 Å². The van der Waals surface area contributed by atoms with Gasteiger partial charge in [-0.15, -0.1) is 0 Å². The number of nitrogens with one attached hydrogen (secondary N) is 1.